The van der Waals surface area contributed by atoms with Crippen LogP contribution in [0.15, 0.2) is 29.3 Å². The van der Waals surface area contributed by atoms with Crippen molar-refractivity contribution in [1.82, 2.24) is 10.6 Å². The maximum Gasteiger partial charge on any atom is 0.226 e. The van der Waals surface area contributed by atoms with Crippen LogP contribution in [0.25, 0.3) is 0 Å². The number of halogens is 1. The largest absolute Gasteiger partial charge is 0.357 e. The number of rotatable bonds is 5. The summed E-state index contributed by atoms with van der Waals surface area (Å²) in [6.45, 7) is 8.54. The molecule has 2 rings (SSSR count). The lowest BCUT2D eigenvalue weighted by Gasteiger charge is -2.26. The van der Waals surface area contributed by atoms with E-state index in [1.54, 1.807) is 0 Å². The fourth-order valence-electron chi connectivity index (χ4n) is 2.62. The van der Waals surface area contributed by atoms with Crippen LogP contribution < -0.4 is 15.5 Å². The molecular formula is C18H29IN4O. The fraction of sp³-hybridized carbons (Fsp3) is 0.556. The van der Waals surface area contributed by atoms with Gasteiger partial charge in [0.15, 0.2) is 5.96 Å². The van der Waals surface area contributed by atoms with Crippen LogP contribution in [0.4, 0.5) is 5.69 Å². The molecule has 0 bridgehead atoms. The predicted octanol–water partition coefficient (Wildman–Crippen LogP) is 3.29. The number of carbonyl (C=O) groups excluding carboxylic acids is 1. The van der Waals surface area contributed by atoms with E-state index in [0.29, 0.717) is 19.0 Å². The van der Waals surface area contributed by atoms with Gasteiger partial charge < -0.3 is 15.5 Å². The van der Waals surface area contributed by atoms with Crippen molar-refractivity contribution in [3.8, 4) is 0 Å². The molecular weight excluding hydrogens is 415 g/mol. The Hall–Kier alpha value is -1.31. The van der Waals surface area contributed by atoms with E-state index in [1.807, 2.05) is 17.0 Å². The second kappa shape index (κ2) is 10.5. The number of hydrogen-bond donors (Lipinski definition) is 2. The molecule has 1 amide bonds. The SMILES string of the molecule is CCNC(=NCc1ccc(N2CCCCC2=O)cc1)NC(C)C.I. The van der Waals surface area contributed by atoms with Gasteiger partial charge in [0.05, 0.1) is 6.54 Å². The fourth-order valence-corrected chi connectivity index (χ4v) is 2.62. The van der Waals surface area contributed by atoms with Crippen LogP contribution in [-0.2, 0) is 11.3 Å². The molecule has 0 unspecified atom stereocenters. The standard InChI is InChI=1S/C18H28N4O.HI/c1-4-19-18(21-14(2)3)20-13-15-8-10-16(11-9-15)22-12-6-5-7-17(22)23;/h8-11,14H,4-7,12-13H2,1-3H3,(H2,19,20,21);1H. The molecule has 1 aliphatic rings. The maximum absolute atomic E-state index is 12.0. The Bertz CT molecular complexity index is 542. The van der Waals surface area contributed by atoms with E-state index in [0.717, 1.165) is 43.1 Å². The van der Waals surface area contributed by atoms with Gasteiger partial charge in [0, 0.05) is 31.2 Å². The normalized spacial score (nSPS) is 15.2. The van der Waals surface area contributed by atoms with Gasteiger partial charge in [-0.15, -0.1) is 24.0 Å². The van der Waals surface area contributed by atoms with Crippen LogP contribution in [0.5, 0.6) is 0 Å². The molecule has 5 nitrogen and oxygen atoms in total. The number of aliphatic imine (C=N–C) groups is 1. The summed E-state index contributed by atoms with van der Waals surface area (Å²) in [5.41, 5.74) is 2.13. The molecule has 0 atom stereocenters. The Morgan fingerprint density at radius 2 is 1.96 bits per heavy atom. The molecule has 0 aromatic heterocycles. The van der Waals surface area contributed by atoms with Crippen LogP contribution in [-0.4, -0.2) is 31.0 Å². The van der Waals surface area contributed by atoms with Crippen LogP contribution in [0.1, 0.15) is 45.6 Å². The van der Waals surface area contributed by atoms with E-state index in [9.17, 15) is 4.79 Å². The summed E-state index contributed by atoms with van der Waals surface area (Å²) in [5, 5.41) is 6.54. The predicted molar refractivity (Wildman–Crippen MR) is 111 cm³/mol. The van der Waals surface area contributed by atoms with E-state index >= 15 is 0 Å². The van der Waals surface area contributed by atoms with Crippen LogP contribution >= 0.6 is 24.0 Å². The summed E-state index contributed by atoms with van der Waals surface area (Å²) in [6.07, 6.45) is 2.77. The first-order chi connectivity index (χ1) is 11.1. The molecule has 1 saturated heterocycles. The summed E-state index contributed by atoms with van der Waals surface area (Å²) < 4.78 is 0. The van der Waals surface area contributed by atoms with Gasteiger partial charge in [-0.1, -0.05) is 12.1 Å². The molecule has 0 aliphatic carbocycles. The van der Waals surface area contributed by atoms with Gasteiger partial charge in [-0.2, -0.15) is 0 Å². The Morgan fingerprint density at radius 3 is 2.54 bits per heavy atom. The number of nitrogens with one attached hydrogen (secondary N) is 2. The molecule has 1 aromatic rings. The minimum atomic E-state index is 0. The highest BCUT2D eigenvalue weighted by Crippen LogP contribution is 2.21. The lowest BCUT2D eigenvalue weighted by molar-refractivity contribution is -0.119. The maximum atomic E-state index is 12.0. The number of guanidine groups is 1. The van der Waals surface area contributed by atoms with E-state index in [1.165, 1.54) is 0 Å². The number of nitrogens with zero attached hydrogens (tertiary/aromatic N) is 2. The van der Waals surface area contributed by atoms with Crippen molar-refractivity contribution < 1.29 is 4.79 Å². The Balaban J connectivity index is 0.00000288. The monoisotopic (exact) mass is 444 g/mol. The average molecular weight is 444 g/mol. The summed E-state index contributed by atoms with van der Waals surface area (Å²) in [6, 6.07) is 8.51. The van der Waals surface area contributed by atoms with Crippen molar-refractivity contribution in [2.75, 3.05) is 18.0 Å². The van der Waals surface area contributed by atoms with Crippen molar-refractivity contribution in [3.05, 3.63) is 29.8 Å². The Kier molecular flexibility index (Phi) is 9.10. The zero-order valence-electron chi connectivity index (χ0n) is 14.8. The van der Waals surface area contributed by atoms with Gasteiger partial charge in [-0.3, -0.25) is 4.79 Å². The van der Waals surface area contributed by atoms with E-state index in [4.69, 9.17) is 0 Å². The number of hydrogen-bond acceptors (Lipinski definition) is 2. The molecule has 134 valence electrons. The Morgan fingerprint density at radius 1 is 1.25 bits per heavy atom. The molecule has 1 heterocycles. The molecule has 2 N–H and O–H groups in total. The van der Waals surface area contributed by atoms with E-state index in [2.05, 4.69) is 48.5 Å². The number of anilines is 1. The quantitative estimate of drug-likeness (QED) is 0.417. The van der Waals surface area contributed by atoms with Crippen molar-refractivity contribution in [3.63, 3.8) is 0 Å². The van der Waals surface area contributed by atoms with Crippen LogP contribution in [0, 0.1) is 0 Å². The summed E-state index contributed by atoms with van der Waals surface area (Å²) in [5.74, 6) is 1.07. The van der Waals surface area contributed by atoms with Gasteiger partial charge in [0.2, 0.25) is 5.91 Å². The summed E-state index contributed by atoms with van der Waals surface area (Å²) in [4.78, 5) is 18.4. The molecule has 0 saturated carbocycles. The minimum absolute atomic E-state index is 0. The number of benzene rings is 1. The van der Waals surface area contributed by atoms with Crippen LogP contribution in [0.3, 0.4) is 0 Å². The second-order valence-electron chi connectivity index (χ2n) is 6.16. The van der Waals surface area contributed by atoms with Crippen molar-refractivity contribution in [2.45, 2.75) is 52.6 Å². The summed E-state index contributed by atoms with van der Waals surface area (Å²) >= 11 is 0. The average Bonchev–Trinajstić information content (AvgIpc) is 2.53. The molecule has 1 aliphatic heterocycles. The lowest BCUT2D eigenvalue weighted by Crippen LogP contribution is -2.41. The number of carbonyl (C=O) groups is 1. The van der Waals surface area contributed by atoms with Gasteiger partial charge in [-0.05, 0) is 51.3 Å². The van der Waals surface area contributed by atoms with Gasteiger partial charge in [0.25, 0.3) is 0 Å². The van der Waals surface area contributed by atoms with E-state index < -0.39 is 0 Å². The van der Waals surface area contributed by atoms with Gasteiger partial charge in [-0.25, -0.2) is 4.99 Å². The molecule has 1 fully saturated rings. The third kappa shape index (κ3) is 6.30. The highest BCUT2D eigenvalue weighted by molar-refractivity contribution is 14.0. The number of amides is 1. The zero-order valence-corrected chi connectivity index (χ0v) is 17.2. The highest BCUT2D eigenvalue weighted by atomic mass is 127. The van der Waals surface area contributed by atoms with Gasteiger partial charge in [0.1, 0.15) is 0 Å². The lowest BCUT2D eigenvalue weighted by atomic mass is 10.1. The molecule has 6 heteroatoms. The molecule has 1 aromatic carbocycles. The van der Waals surface area contributed by atoms with Gasteiger partial charge >= 0.3 is 0 Å². The summed E-state index contributed by atoms with van der Waals surface area (Å²) in [7, 11) is 0. The topological polar surface area (TPSA) is 56.7 Å². The third-order valence-electron chi connectivity index (χ3n) is 3.76. The first-order valence-corrected chi connectivity index (χ1v) is 8.54. The van der Waals surface area contributed by atoms with Crippen molar-refractivity contribution >= 4 is 41.5 Å². The number of piperidine rings is 1. The first kappa shape index (κ1) is 20.7. The molecule has 0 radical (unpaired) electrons. The van der Waals surface area contributed by atoms with Crippen molar-refractivity contribution in [1.29, 1.82) is 0 Å². The first-order valence-electron chi connectivity index (χ1n) is 8.54. The van der Waals surface area contributed by atoms with Crippen molar-refractivity contribution in [2.24, 2.45) is 4.99 Å². The second-order valence-corrected chi connectivity index (χ2v) is 6.16. The zero-order chi connectivity index (χ0) is 16.7. The van der Waals surface area contributed by atoms with E-state index in [-0.39, 0.29) is 29.9 Å². The molecule has 24 heavy (non-hydrogen) atoms. The smallest absolute Gasteiger partial charge is 0.226 e. The minimum Gasteiger partial charge on any atom is -0.357 e. The highest BCUT2D eigenvalue weighted by Gasteiger charge is 2.19. The van der Waals surface area contributed by atoms with Crippen LogP contribution in [0.2, 0.25) is 0 Å². The third-order valence-corrected chi connectivity index (χ3v) is 3.76. The Labute approximate surface area is 162 Å². The molecule has 0 spiro atoms.